The van der Waals surface area contributed by atoms with Crippen molar-refractivity contribution in [1.29, 1.82) is 0 Å². The first kappa shape index (κ1) is 15.2. The quantitative estimate of drug-likeness (QED) is 0.721. The molecule has 0 bridgehead atoms. The summed E-state index contributed by atoms with van der Waals surface area (Å²) in [6.07, 6.45) is 0.483. The Hall–Kier alpha value is -1.88. The van der Waals surface area contributed by atoms with Crippen LogP contribution in [0.15, 0.2) is 24.3 Å². The van der Waals surface area contributed by atoms with Gasteiger partial charge in [0.2, 0.25) is 0 Å². The molecule has 104 valence electrons. The molecule has 0 aliphatic heterocycles. The van der Waals surface area contributed by atoms with Crippen molar-refractivity contribution < 1.29 is 19.8 Å². The summed E-state index contributed by atoms with van der Waals surface area (Å²) < 4.78 is 0. The SMILES string of the molecule is CCc1ccc(C(=O)NCC(C)(O)CC(=O)O)cc1. The van der Waals surface area contributed by atoms with E-state index in [1.165, 1.54) is 6.92 Å². The van der Waals surface area contributed by atoms with Gasteiger partial charge >= 0.3 is 5.97 Å². The van der Waals surface area contributed by atoms with Crippen molar-refractivity contribution in [3.63, 3.8) is 0 Å². The van der Waals surface area contributed by atoms with E-state index in [1.54, 1.807) is 12.1 Å². The van der Waals surface area contributed by atoms with Crippen LogP contribution in [0, 0.1) is 0 Å². The van der Waals surface area contributed by atoms with E-state index in [0.717, 1.165) is 12.0 Å². The molecule has 1 unspecified atom stereocenters. The van der Waals surface area contributed by atoms with Gasteiger partial charge in [0.05, 0.1) is 12.0 Å². The van der Waals surface area contributed by atoms with Gasteiger partial charge < -0.3 is 15.5 Å². The molecule has 19 heavy (non-hydrogen) atoms. The van der Waals surface area contributed by atoms with Gasteiger partial charge in [0.25, 0.3) is 5.91 Å². The van der Waals surface area contributed by atoms with Gasteiger partial charge in [-0.25, -0.2) is 0 Å². The third kappa shape index (κ3) is 5.09. The van der Waals surface area contributed by atoms with Gasteiger partial charge in [-0.3, -0.25) is 9.59 Å². The molecule has 0 fully saturated rings. The summed E-state index contributed by atoms with van der Waals surface area (Å²) in [5.41, 5.74) is 0.169. The first-order valence-corrected chi connectivity index (χ1v) is 6.15. The van der Waals surface area contributed by atoms with Crippen LogP contribution < -0.4 is 5.32 Å². The van der Waals surface area contributed by atoms with Crippen molar-refractivity contribution in [2.45, 2.75) is 32.3 Å². The Kier molecular flexibility index (Phi) is 5.06. The molecule has 3 N–H and O–H groups in total. The third-order valence-corrected chi connectivity index (χ3v) is 2.79. The lowest BCUT2D eigenvalue weighted by Crippen LogP contribution is -2.42. The summed E-state index contributed by atoms with van der Waals surface area (Å²) >= 11 is 0. The molecule has 0 spiro atoms. The number of hydrogen-bond acceptors (Lipinski definition) is 3. The average molecular weight is 265 g/mol. The number of carbonyl (C=O) groups excluding carboxylic acids is 1. The van der Waals surface area contributed by atoms with E-state index in [-0.39, 0.29) is 12.5 Å². The minimum absolute atomic E-state index is 0.104. The highest BCUT2D eigenvalue weighted by Crippen LogP contribution is 2.09. The Morgan fingerprint density at radius 3 is 2.32 bits per heavy atom. The minimum atomic E-state index is -1.45. The lowest BCUT2D eigenvalue weighted by molar-refractivity contribution is -0.141. The van der Waals surface area contributed by atoms with Crippen molar-refractivity contribution in [3.05, 3.63) is 35.4 Å². The van der Waals surface area contributed by atoms with E-state index in [0.29, 0.717) is 5.56 Å². The molecule has 1 rings (SSSR count). The number of aliphatic hydroxyl groups is 1. The normalized spacial score (nSPS) is 13.6. The number of nitrogens with one attached hydrogen (secondary N) is 1. The fraction of sp³-hybridized carbons (Fsp3) is 0.429. The molecule has 0 radical (unpaired) electrons. The zero-order chi connectivity index (χ0) is 14.5. The van der Waals surface area contributed by atoms with Crippen molar-refractivity contribution in [2.75, 3.05) is 6.54 Å². The van der Waals surface area contributed by atoms with Gasteiger partial charge in [0, 0.05) is 12.1 Å². The molecule has 0 aromatic heterocycles. The van der Waals surface area contributed by atoms with E-state index < -0.39 is 18.0 Å². The van der Waals surface area contributed by atoms with Gasteiger partial charge in [-0.05, 0) is 31.0 Å². The summed E-state index contributed by atoms with van der Waals surface area (Å²) in [5.74, 6) is -1.43. The highest BCUT2D eigenvalue weighted by Gasteiger charge is 2.24. The smallest absolute Gasteiger partial charge is 0.306 e. The van der Waals surface area contributed by atoms with Crippen LogP contribution in [0.5, 0.6) is 0 Å². The first-order chi connectivity index (χ1) is 8.84. The Morgan fingerprint density at radius 1 is 1.26 bits per heavy atom. The second-order valence-electron chi connectivity index (χ2n) is 4.80. The Balaban J connectivity index is 2.57. The van der Waals surface area contributed by atoms with Crippen molar-refractivity contribution in [2.24, 2.45) is 0 Å². The zero-order valence-electron chi connectivity index (χ0n) is 11.1. The molecule has 5 nitrogen and oxygen atoms in total. The van der Waals surface area contributed by atoms with Crippen LogP contribution >= 0.6 is 0 Å². The number of aliphatic carboxylic acids is 1. The topological polar surface area (TPSA) is 86.6 Å². The fourth-order valence-corrected chi connectivity index (χ4v) is 1.65. The molecule has 1 aromatic rings. The summed E-state index contributed by atoms with van der Waals surface area (Å²) in [6.45, 7) is 3.30. The van der Waals surface area contributed by atoms with Crippen molar-refractivity contribution in [3.8, 4) is 0 Å². The highest BCUT2D eigenvalue weighted by molar-refractivity contribution is 5.94. The van der Waals surface area contributed by atoms with Crippen LogP contribution in [0.3, 0.4) is 0 Å². The molecule has 0 aliphatic rings. The predicted octanol–water partition coefficient (Wildman–Crippen LogP) is 1.20. The maximum absolute atomic E-state index is 11.8. The van der Waals surface area contributed by atoms with Crippen LogP contribution in [-0.2, 0) is 11.2 Å². The maximum atomic E-state index is 11.8. The van der Waals surface area contributed by atoms with Crippen LogP contribution in [0.25, 0.3) is 0 Å². The number of amides is 1. The second-order valence-corrected chi connectivity index (χ2v) is 4.80. The Morgan fingerprint density at radius 2 is 1.84 bits per heavy atom. The summed E-state index contributed by atoms with van der Waals surface area (Å²) in [6, 6.07) is 7.15. The molecular formula is C14H19NO4. The van der Waals surface area contributed by atoms with Gasteiger partial charge in [-0.15, -0.1) is 0 Å². The third-order valence-electron chi connectivity index (χ3n) is 2.79. The van der Waals surface area contributed by atoms with Crippen LogP contribution in [0.4, 0.5) is 0 Å². The van der Waals surface area contributed by atoms with E-state index >= 15 is 0 Å². The molecule has 0 aliphatic carbocycles. The van der Waals surface area contributed by atoms with E-state index in [1.807, 2.05) is 19.1 Å². The number of rotatable bonds is 6. The molecule has 0 heterocycles. The lowest BCUT2D eigenvalue weighted by atomic mass is 10.0. The van der Waals surface area contributed by atoms with Crippen molar-refractivity contribution in [1.82, 2.24) is 5.32 Å². The zero-order valence-corrected chi connectivity index (χ0v) is 11.1. The minimum Gasteiger partial charge on any atom is -0.481 e. The second kappa shape index (κ2) is 6.33. The number of carbonyl (C=O) groups is 2. The molecule has 0 saturated carbocycles. The van der Waals surface area contributed by atoms with E-state index in [4.69, 9.17) is 5.11 Å². The van der Waals surface area contributed by atoms with Gasteiger partial charge in [-0.2, -0.15) is 0 Å². The van der Waals surface area contributed by atoms with Gasteiger partial charge in [-0.1, -0.05) is 19.1 Å². The number of benzene rings is 1. The number of carboxylic acids is 1. The molecule has 1 amide bonds. The molecule has 1 atom stereocenters. The first-order valence-electron chi connectivity index (χ1n) is 6.15. The summed E-state index contributed by atoms with van der Waals surface area (Å²) in [5, 5.41) is 20.9. The average Bonchev–Trinajstić information content (AvgIpc) is 2.34. The number of carboxylic acid groups (broad SMARTS) is 1. The molecule has 5 heteroatoms. The number of aryl methyl sites for hydroxylation is 1. The standard InChI is InChI=1S/C14H19NO4/c1-3-10-4-6-11(7-5-10)13(18)15-9-14(2,19)8-12(16)17/h4-7,19H,3,8-9H2,1-2H3,(H,15,18)(H,16,17). The molecule has 0 saturated heterocycles. The van der Waals surface area contributed by atoms with Gasteiger partial charge in [0.1, 0.15) is 0 Å². The Bertz CT molecular complexity index is 451. The summed E-state index contributed by atoms with van der Waals surface area (Å²) in [7, 11) is 0. The van der Waals surface area contributed by atoms with Crippen LogP contribution in [0.1, 0.15) is 36.2 Å². The van der Waals surface area contributed by atoms with Crippen molar-refractivity contribution >= 4 is 11.9 Å². The van der Waals surface area contributed by atoms with Crippen LogP contribution in [0.2, 0.25) is 0 Å². The Labute approximate surface area is 112 Å². The molecule has 1 aromatic carbocycles. The fourth-order valence-electron chi connectivity index (χ4n) is 1.65. The predicted molar refractivity (Wildman–Crippen MR) is 71.0 cm³/mol. The summed E-state index contributed by atoms with van der Waals surface area (Å²) in [4.78, 5) is 22.3. The van der Waals surface area contributed by atoms with Crippen LogP contribution in [-0.4, -0.2) is 34.2 Å². The largest absolute Gasteiger partial charge is 0.481 e. The monoisotopic (exact) mass is 265 g/mol. The van der Waals surface area contributed by atoms with E-state index in [9.17, 15) is 14.7 Å². The maximum Gasteiger partial charge on any atom is 0.306 e. The molecular weight excluding hydrogens is 246 g/mol. The highest BCUT2D eigenvalue weighted by atomic mass is 16.4. The lowest BCUT2D eigenvalue weighted by Gasteiger charge is -2.21. The van der Waals surface area contributed by atoms with E-state index in [2.05, 4.69) is 5.32 Å². The number of hydrogen-bond donors (Lipinski definition) is 3. The van der Waals surface area contributed by atoms with Gasteiger partial charge in [0.15, 0.2) is 0 Å².